The van der Waals surface area contributed by atoms with Crippen molar-refractivity contribution in [2.75, 3.05) is 46.2 Å². The monoisotopic (exact) mass is 252 g/mol. The number of sulfonamides is 1. The molecule has 0 saturated carbocycles. The summed E-state index contributed by atoms with van der Waals surface area (Å²) in [6.45, 7) is 4.27. The van der Waals surface area contributed by atoms with Gasteiger partial charge in [0.15, 0.2) is 0 Å². The van der Waals surface area contributed by atoms with Crippen LogP contribution in [-0.4, -0.2) is 58.9 Å². The molecule has 0 aromatic heterocycles. The first-order chi connectivity index (χ1) is 7.54. The molecule has 1 N–H and O–H groups in total. The molecule has 98 valence electrons. The van der Waals surface area contributed by atoms with Crippen molar-refractivity contribution < 1.29 is 13.2 Å². The standard InChI is InChI=1S/C10H24N2O3S/c1-4-15-9-8-12(3)16(13,14)10-6-5-7-11-2/h11H,4-10H2,1-3H3. The van der Waals surface area contributed by atoms with Crippen LogP contribution in [0.25, 0.3) is 0 Å². The molecule has 0 saturated heterocycles. The zero-order chi connectivity index (χ0) is 12.4. The Labute approximate surface area is 99.2 Å². The minimum Gasteiger partial charge on any atom is -0.380 e. The molecule has 0 rings (SSSR count). The van der Waals surface area contributed by atoms with Gasteiger partial charge < -0.3 is 10.1 Å². The molecule has 0 aromatic rings. The van der Waals surface area contributed by atoms with Crippen molar-refractivity contribution in [3.8, 4) is 0 Å². The third-order valence-electron chi connectivity index (χ3n) is 2.31. The van der Waals surface area contributed by atoms with Crippen LogP contribution in [0, 0.1) is 0 Å². The van der Waals surface area contributed by atoms with E-state index in [2.05, 4.69) is 5.32 Å². The number of nitrogens with zero attached hydrogens (tertiary/aromatic N) is 1. The molecular weight excluding hydrogens is 228 g/mol. The molecule has 5 nitrogen and oxygen atoms in total. The summed E-state index contributed by atoms with van der Waals surface area (Å²) in [5, 5.41) is 3.00. The van der Waals surface area contributed by atoms with E-state index in [1.807, 2.05) is 14.0 Å². The lowest BCUT2D eigenvalue weighted by Gasteiger charge is -2.16. The van der Waals surface area contributed by atoms with Gasteiger partial charge in [0, 0.05) is 20.2 Å². The fourth-order valence-corrected chi connectivity index (χ4v) is 2.45. The van der Waals surface area contributed by atoms with Crippen molar-refractivity contribution in [3.05, 3.63) is 0 Å². The molecule has 0 spiro atoms. The number of hydrogen-bond acceptors (Lipinski definition) is 4. The zero-order valence-electron chi connectivity index (χ0n) is 10.5. The van der Waals surface area contributed by atoms with Gasteiger partial charge in [0.25, 0.3) is 0 Å². The molecule has 0 bridgehead atoms. The highest BCUT2D eigenvalue weighted by Gasteiger charge is 2.16. The molecule has 0 aliphatic rings. The molecule has 0 atom stereocenters. The highest BCUT2D eigenvalue weighted by molar-refractivity contribution is 7.89. The van der Waals surface area contributed by atoms with Crippen molar-refractivity contribution in [2.45, 2.75) is 19.8 Å². The van der Waals surface area contributed by atoms with Crippen molar-refractivity contribution in [3.63, 3.8) is 0 Å². The van der Waals surface area contributed by atoms with Gasteiger partial charge in [-0.25, -0.2) is 12.7 Å². The molecule has 0 unspecified atom stereocenters. The smallest absolute Gasteiger partial charge is 0.213 e. The molecule has 0 radical (unpaired) electrons. The van der Waals surface area contributed by atoms with Crippen LogP contribution in [0.1, 0.15) is 19.8 Å². The minimum absolute atomic E-state index is 0.220. The van der Waals surface area contributed by atoms with Crippen LogP contribution in [0.15, 0.2) is 0 Å². The van der Waals surface area contributed by atoms with E-state index in [0.29, 0.717) is 26.2 Å². The Bertz CT molecular complexity index is 255. The predicted molar refractivity (Wildman–Crippen MR) is 66.1 cm³/mol. The fourth-order valence-electron chi connectivity index (χ4n) is 1.22. The van der Waals surface area contributed by atoms with E-state index in [-0.39, 0.29) is 5.75 Å². The second kappa shape index (κ2) is 8.92. The van der Waals surface area contributed by atoms with Crippen LogP contribution in [0.2, 0.25) is 0 Å². The zero-order valence-corrected chi connectivity index (χ0v) is 11.3. The summed E-state index contributed by atoms with van der Waals surface area (Å²) in [5.74, 6) is 0.220. The molecule has 0 aliphatic heterocycles. The van der Waals surface area contributed by atoms with Crippen LogP contribution < -0.4 is 5.32 Å². The summed E-state index contributed by atoms with van der Waals surface area (Å²) in [6, 6.07) is 0. The lowest BCUT2D eigenvalue weighted by atomic mass is 10.3. The lowest BCUT2D eigenvalue weighted by Crippen LogP contribution is -2.32. The van der Waals surface area contributed by atoms with Gasteiger partial charge in [0.1, 0.15) is 0 Å². The van der Waals surface area contributed by atoms with Crippen molar-refractivity contribution in [1.82, 2.24) is 9.62 Å². The first-order valence-electron chi connectivity index (χ1n) is 5.71. The van der Waals surface area contributed by atoms with Gasteiger partial charge in [0.2, 0.25) is 10.0 Å². The first-order valence-corrected chi connectivity index (χ1v) is 7.32. The van der Waals surface area contributed by atoms with Gasteiger partial charge in [-0.3, -0.25) is 0 Å². The molecule has 0 fully saturated rings. The van der Waals surface area contributed by atoms with Crippen LogP contribution >= 0.6 is 0 Å². The van der Waals surface area contributed by atoms with E-state index in [1.54, 1.807) is 7.05 Å². The summed E-state index contributed by atoms with van der Waals surface area (Å²) < 4.78 is 30.0. The van der Waals surface area contributed by atoms with Gasteiger partial charge in [-0.05, 0) is 33.4 Å². The fraction of sp³-hybridized carbons (Fsp3) is 1.00. The lowest BCUT2D eigenvalue weighted by molar-refractivity contribution is 0.138. The molecule has 0 aliphatic carbocycles. The Morgan fingerprint density at radius 1 is 1.31 bits per heavy atom. The highest BCUT2D eigenvalue weighted by Crippen LogP contribution is 2.02. The predicted octanol–water partition coefficient (Wildman–Crippen LogP) is 0.284. The maximum Gasteiger partial charge on any atom is 0.213 e. The SMILES string of the molecule is CCOCCN(C)S(=O)(=O)CCCCNC. The average Bonchev–Trinajstić information content (AvgIpc) is 2.24. The number of hydrogen-bond donors (Lipinski definition) is 1. The van der Waals surface area contributed by atoms with Crippen LogP contribution in [0.4, 0.5) is 0 Å². The van der Waals surface area contributed by atoms with E-state index in [4.69, 9.17) is 4.74 Å². The van der Waals surface area contributed by atoms with Crippen LogP contribution in [-0.2, 0) is 14.8 Å². The summed E-state index contributed by atoms with van der Waals surface area (Å²) in [6.07, 6.45) is 1.58. The van der Waals surface area contributed by atoms with Crippen LogP contribution in [0.3, 0.4) is 0 Å². The highest BCUT2D eigenvalue weighted by atomic mass is 32.2. The number of unbranched alkanes of at least 4 members (excludes halogenated alkanes) is 1. The third-order valence-corrected chi connectivity index (χ3v) is 4.25. The first kappa shape index (κ1) is 15.8. The van der Waals surface area contributed by atoms with E-state index in [0.717, 1.165) is 13.0 Å². The van der Waals surface area contributed by atoms with Gasteiger partial charge in [-0.15, -0.1) is 0 Å². The second-order valence-electron chi connectivity index (χ2n) is 3.65. The van der Waals surface area contributed by atoms with E-state index >= 15 is 0 Å². The normalized spacial score (nSPS) is 12.2. The maximum atomic E-state index is 11.7. The number of likely N-dealkylation sites (N-methyl/N-ethyl adjacent to an activating group) is 1. The topological polar surface area (TPSA) is 58.6 Å². The number of nitrogens with one attached hydrogen (secondary N) is 1. The Kier molecular flexibility index (Phi) is 8.83. The largest absolute Gasteiger partial charge is 0.380 e. The Hall–Kier alpha value is -0.170. The Balaban J connectivity index is 3.82. The molecule has 6 heteroatoms. The Morgan fingerprint density at radius 2 is 2.00 bits per heavy atom. The third kappa shape index (κ3) is 7.16. The average molecular weight is 252 g/mol. The molecule has 0 amide bonds. The second-order valence-corrected chi connectivity index (χ2v) is 5.84. The maximum absolute atomic E-state index is 11.7. The van der Waals surface area contributed by atoms with Crippen LogP contribution in [0.5, 0.6) is 0 Å². The summed E-state index contributed by atoms with van der Waals surface area (Å²) in [4.78, 5) is 0. The van der Waals surface area contributed by atoms with Crippen molar-refractivity contribution >= 4 is 10.0 Å². The molecule has 0 heterocycles. The van der Waals surface area contributed by atoms with E-state index < -0.39 is 10.0 Å². The van der Waals surface area contributed by atoms with Crippen molar-refractivity contribution in [2.24, 2.45) is 0 Å². The van der Waals surface area contributed by atoms with E-state index in [9.17, 15) is 8.42 Å². The molecule has 16 heavy (non-hydrogen) atoms. The van der Waals surface area contributed by atoms with Gasteiger partial charge >= 0.3 is 0 Å². The molecule has 0 aromatic carbocycles. The Morgan fingerprint density at radius 3 is 2.56 bits per heavy atom. The summed E-state index contributed by atoms with van der Waals surface area (Å²) in [5.41, 5.74) is 0. The number of ether oxygens (including phenoxy) is 1. The van der Waals surface area contributed by atoms with Crippen molar-refractivity contribution in [1.29, 1.82) is 0 Å². The summed E-state index contributed by atoms with van der Waals surface area (Å²) >= 11 is 0. The van der Waals surface area contributed by atoms with Gasteiger partial charge in [-0.2, -0.15) is 0 Å². The quantitative estimate of drug-likeness (QED) is 0.568. The van der Waals surface area contributed by atoms with E-state index in [1.165, 1.54) is 4.31 Å². The van der Waals surface area contributed by atoms with Gasteiger partial charge in [0.05, 0.1) is 12.4 Å². The molecular formula is C10H24N2O3S. The number of rotatable bonds is 10. The minimum atomic E-state index is -3.10. The van der Waals surface area contributed by atoms with Gasteiger partial charge in [-0.1, -0.05) is 0 Å². The summed E-state index contributed by atoms with van der Waals surface area (Å²) in [7, 11) is 0.372.